The first-order chi connectivity index (χ1) is 13.5. The molecule has 146 valence electrons. The Hall–Kier alpha value is -2.18. The van der Waals surface area contributed by atoms with E-state index in [4.69, 9.17) is 14.2 Å². The number of ether oxygens (including phenoxy) is 3. The Morgan fingerprint density at radius 3 is 1.86 bits per heavy atom. The minimum Gasteiger partial charge on any atom is -0.488 e. The quantitative estimate of drug-likeness (QED) is 0.839. The van der Waals surface area contributed by atoms with E-state index in [9.17, 15) is 10.2 Å². The summed E-state index contributed by atoms with van der Waals surface area (Å²) in [5.74, 6) is -0.640. The van der Waals surface area contributed by atoms with Gasteiger partial charge in [-0.05, 0) is 25.0 Å². The standard InChI is InChI=1S/C23H24O5/c1-23(2)27-20-16-17(24)18(25)21(22(20)28-23)26-19(16)15(13-9-5-3-6-10-13)14-11-7-4-8-12-14/h3-12,16-18,20-22,24-25H,1-2H3/t16-,17-,18-,20-,21-,22-/m0/s1. The van der Waals surface area contributed by atoms with E-state index in [0.29, 0.717) is 5.76 Å². The van der Waals surface area contributed by atoms with Crippen molar-refractivity contribution in [2.24, 2.45) is 5.92 Å². The molecule has 5 nitrogen and oxygen atoms in total. The first-order valence-corrected chi connectivity index (χ1v) is 9.70. The van der Waals surface area contributed by atoms with Crippen LogP contribution in [0.5, 0.6) is 0 Å². The molecular formula is C23H24O5. The van der Waals surface area contributed by atoms with Crippen LogP contribution in [0.3, 0.4) is 0 Å². The van der Waals surface area contributed by atoms with Crippen LogP contribution in [0.1, 0.15) is 25.0 Å². The highest BCUT2D eigenvalue weighted by Gasteiger charge is 2.64. The molecule has 1 aliphatic carbocycles. The Morgan fingerprint density at radius 2 is 1.29 bits per heavy atom. The molecule has 6 rings (SSSR count). The lowest BCUT2D eigenvalue weighted by atomic mass is 9.72. The molecule has 2 N–H and O–H groups in total. The van der Waals surface area contributed by atoms with Crippen molar-refractivity contribution in [3.05, 3.63) is 77.5 Å². The van der Waals surface area contributed by atoms with Crippen molar-refractivity contribution in [2.45, 2.75) is 50.2 Å². The number of hydrogen-bond donors (Lipinski definition) is 2. The van der Waals surface area contributed by atoms with Crippen LogP contribution in [0.2, 0.25) is 0 Å². The highest BCUT2D eigenvalue weighted by molar-refractivity contribution is 5.82. The van der Waals surface area contributed by atoms with Gasteiger partial charge in [0.1, 0.15) is 24.1 Å². The molecule has 0 spiro atoms. The molecule has 28 heavy (non-hydrogen) atoms. The Kier molecular flexibility index (Phi) is 4.10. The predicted octanol–water partition coefficient (Wildman–Crippen LogP) is 2.72. The maximum Gasteiger partial charge on any atom is 0.163 e. The van der Waals surface area contributed by atoms with Crippen LogP contribution in [0.25, 0.3) is 5.57 Å². The summed E-state index contributed by atoms with van der Waals surface area (Å²) in [5, 5.41) is 21.5. The second-order valence-electron chi connectivity index (χ2n) is 8.13. The van der Waals surface area contributed by atoms with Crippen LogP contribution < -0.4 is 0 Å². The molecule has 3 aliphatic heterocycles. The van der Waals surface area contributed by atoms with E-state index in [2.05, 4.69) is 0 Å². The third-order valence-corrected chi connectivity index (χ3v) is 5.83. The van der Waals surface area contributed by atoms with Crippen molar-refractivity contribution in [2.75, 3.05) is 0 Å². The molecule has 6 atom stereocenters. The average molecular weight is 380 g/mol. The fourth-order valence-electron chi connectivity index (χ4n) is 4.70. The predicted molar refractivity (Wildman–Crippen MR) is 103 cm³/mol. The van der Waals surface area contributed by atoms with Crippen molar-refractivity contribution >= 4 is 5.57 Å². The molecule has 0 unspecified atom stereocenters. The van der Waals surface area contributed by atoms with E-state index in [0.717, 1.165) is 16.7 Å². The molecule has 3 saturated heterocycles. The molecule has 1 saturated carbocycles. The van der Waals surface area contributed by atoms with E-state index in [1.165, 1.54) is 0 Å². The number of rotatable bonds is 2. The fraction of sp³-hybridized carbons (Fsp3) is 0.391. The number of benzene rings is 2. The molecule has 0 amide bonds. The summed E-state index contributed by atoms with van der Waals surface area (Å²) in [7, 11) is 0. The first kappa shape index (κ1) is 17.9. The summed E-state index contributed by atoms with van der Waals surface area (Å²) in [4.78, 5) is 0. The number of aliphatic hydroxyl groups is 2. The molecule has 2 bridgehead atoms. The summed E-state index contributed by atoms with van der Waals surface area (Å²) in [6, 6.07) is 19.9. The summed E-state index contributed by atoms with van der Waals surface area (Å²) in [6.07, 6.45) is -3.45. The summed E-state index contributed by atoms with van der Waals surface area (Å²) in [6.45, 7) is 3.70. The third-order valence-electron chi connectivity index (χ3n) is 5.83. The summed E-state index contributed by atoms with van der Waals surface area (Å²) < 4.78 is 18.5. The van der Waals surface area contributed by atoms with Gasteiger partial charge in [-0.2, -0.15) is 0 Å². The molecule has 2 aromatic rings. The molecule has 2 aromatic carbocycles. The van der Waals surface area contributed by atoms with Gasteiger partial charge < -0.3 is 24.4 Å². The van der Waals surface area contributed by atoms with Crippen LogP contribution in [-0.2, 0) is 14.2 Å². The second kappa shape index (κ2) is 6.42. The van der Waals surface area contributed by atoms with Crippen molar-refractivity contribution in [3.63, 3.8) is 0 Å². The van der Waals surface area contributed by atoms with Gasteiger partial charge in [0.05, 0.1) is 12.0 Å². The van der Waals surface area contributed by atoms with Crippen LogP contribution in [-0.4, -0.2) is 46.5 Å². The molecular weight excluding hydrogens is 356 g/mol. The minimum atomic E-state index is -1.01. The zero-order valence-electron chi connectivity index (χ0n) is 15.9. The maximum atomic E-state index is 10.9. The normalized spacial score (nSPS) is 35.4. The van der Waals surface area contributed by atoms with Gasteiger partial charge in [0.15, 0.2) is 11.9 Å². The Bertz CT molecular complexity index is 850. The van der Waals surface area contributed by atoms with Crippen molar-refractivity contribution in [1.29, 1.82) is 0 Å². The van der Waals surface area contributed by atoms with Gasteiger partial charge in [0.25, 0.3) is 0 Å². The average Bonchev–Trinajstić information content (AvgIpc) is 3.02. The molecule has 3 heterocycles. The van der Waals surface area contributed by atoms with Gasteiger partial charge in [-0.3, -0.25) is 0 Å². The SMILES string of the molecule is CC1(C)O[C@H]2[C@@H](O1)[C@@H]1C(=C(c3ccccc3)c3ccccc3)O[C@H]2[C@@H](O)[C@H]1O. The highest BCUT2D eigenvalue weighted by Crippen LogP contribution is 2.51. The topological polar surface area (TPSA) is 68.2 Å². The van der Waals surface area contributed by atoms with E-state index < -0.39 is 36.1 Å². The van der Waals surface area contributed by atoms with Crippen LogP contribution in [0, 0.1) is 5.92 Å². The van der Waals surface area contributed by atoms with E-state index in [1.807, 2.05) is 74.5 Å². The number of fused-ring (bicyclic) bond motifs is 2. The summed E-state index contributed by atoms with van der Waals surface area (Å²) >= 11 is 0. The van der Waals surface area contributed by atoms with Gasteiger partial charge in [-0.1, -0.05) is 60.7 Å². The number of aliphatic hydroxyl groups excluding tert-OH is 2. The van der Waals surface area contributed by atoms with Crippen molar-refractivity contribution in [1.82, 2.24) is 0 Å². The van der Waals surface area contributed by atoms with Crippen molar-refractivity contribution < 1.29 is 24.4 Å². The minimum absolute atomic E-state index is 0.371. The lowest BCUT2D eigenvalue weighted by Crippen LogP contribution is -2.65. The van der Waals surface area contributed by atoms with Gasteiger partial charge in [0.2, 0.25) is 0 Å². The first-order valence-electron chi connectivity index (χ1n) is 9.70. The molecule has 0 radical (unpaired) electrons. The van der Waals surface area contributed by atoms with Gasteiger partial charge in [-0.25, -0.2) is 0 Å². The second-order valence-corrected chi connectivity index (χ2v) is 8.13. The Balaban J connectivity index is 1.70. The lowest BCUT2D eigenvalue weighted by Gasteiger charge is -2.50. The van der Waals surface area contributed by atoms with Crippen molar-refractivity contribution in [3.8, 4) is 0 Å². The van der Waals surface area contributed by atoms with E-state index >= 15 is 0 Å². The zero-order chi connectivity index (χ0) is 19.5. The van der Waals surface area contributed by atoms with Gasteiger partial charge >= 0.3 is 0 Å². The van der Waals surface area contributed by atoms with E-state index in [1.54, 1.807) is 0 Å². The highest BCUT2D eigenvalue weighted by atomic mass is 16.8. The van der Waals surface area contributed by atoms with Gasteiger partial charge in [-0.15, -0.1) is 0 Å². The monoisotopic (exact) mass is 380 g/mol. The van der Waals surface area contributed by atoms with Gasteiger partial charge in [0, 0.05) is 5.57 Å². The molecule has 0 aromatic heterocycles. The van der Waals surface area contributed by atoms with Crippen LogP contribution >= 0.6 is 0 Å². The van der Waals surface area contributed by atoms with E-state index in [-0.39, 0.29) is 6.10 Å². The zero-order valence-corrected chi connectivity index (χ0v) is 15.9. The fourth-order valence-corrected chi connectivity index (χ4v) is 4.70. The third kappa shape index (κ3) is 2.70. The molecule has 4 aliphatic rings. The Morgan fingerprint density at radius 1 is 0.750 bits per heavy atom. The smallest absolute Gasteiger partial charge is 0.163 e. The number of hydrogen-bond acceptors (Lipinski definition) is 5. The lowest BCUT2D eigenvalue weighted by molar-refractivity contribution is -0.219. The molecule has 4 fully saturated rings. The molecule has 5 heteroatoms. The van der Waals surface area contributed by atoms with Crippen LogP contribution in [0.15, 0.2) is 66.4 Å². The maximum absolute atomic E-state index is 10.9. The Labute approximate surface area is 164 Å². The summed E-state index contributed by atoms with van der Waals surface area (Å²) in [5.41, 5.74) is 2.90. The largest absolute Gasteiger partial charge is 0.488 e. The van der Waals surface area contributed by atoms with Crippen LogP contribution in [0.4, 0.5) is 0 Å².